The monoisotopic (exact) mass is 239 g/mol. The highest BCUT2D eigenvalue weighted by atomic mass is 19.1. The Bertz CT molecular complexity index is 439. The summed E-state index contributed by atoms with van der Waals surface area (Å²) in [4.78, 5) is 0. The van der Waals surface area contributed by atoms with E-state index < -0.39 is 11.6 Å². The van der Waals surface area contributed by atoms with Crippen molar-refractivity contribution in [3.05, 3.63) is 35.4 Å². The Balaban J connectivity index is 1.94. The Morgan fingerprint density at radius 3 is 2.41 bits per heavy atom. The van der Waals surface area contributed by atoms with Crippen molar-refractivity contribution in [1.82, 2.24) is 0 Å². The summed E-state index contributed by atoms with van der Waals surface area (Å²) < 4.78 is 32.1. The van der Waals surface area contributed by atoms with Gasteiger partial charge in [-0.15, -0.1) is 0 Å². The summed E-state index contributed by atoms with van der Waals surface area (Å²) in [5.74, 6) is -0.632. The van der Waals surface area contributed by atoms with Gasteiger partial charge in [-0.1, -0.05) is 6.07 Å². The average molecular weight is 239 g/mol. The largest absolute Gasteiger partial charge is 0.379 e. The molecule has 0 atom stereocenters. The molecule has 0 unspecified atom stereocenters. The molecule has 4 heteroatoms. The molecule has 1 saturated carbocycles. The van der Waals surface area contributed by atoms with Crippen LogP contribution in [0.25, 0.3) is 0 Å². The van der Waals surface area contributed by atoms with Crippen LogP contribution in [-0.2, 0) is 10.2 Å². The molecular formula is C13H15F2NO. The lowest BCUT2D eigenvalue weighted by Gasteiger charge is -2.53. The number of ether oxygens (including phenoxy) is 1. The van der Waals surface area contributed by atoms with E-state index in [0.29, 0.717) is 24.7 Å². The first-order valence-corrected chi connectivity index (χ1v) is 5.91. The Morgan fingerprint density at radius 1 is 1.24 bits per heavy atom. The number of nitrogens with two attached hydrogens (primary N) is 1. The van der Waals surface area contributed by atoms with Crippen molar-refractivity contribution in [2.45, 2.75) is 24.3 Å². The Hall–Kier alpha value is -1.00. The lowest BCUT2D eigenvalue weighted by molar-refractivity contribution is -0.112. The topological polar surface area (TPSA) is 35.2 Å². The molecular weight excluding hydrogens is 224 g/mol. The van der Waals surface area contributed by atoms with Crippen molar-refractivity contribution < 1.29 is 13.5 Å². The first-order chi connectivity index (χ1) is 8.12. The number of halogens is 2. The van der Waals surface area contributed by atoms with Gasteiger partial charge in [0.25, 0.3) is 0 Å². The second-order valence-electron chi connectivity index (χ2n) is 5.20. The van der Waals surface area contributed by atoms with E-state index in [2.05, 4.69) is 0 Å². The summed E-state index contributed by atoms with van der Waals surface area (Å²) in [5.41, 5.74) is 6.11. The first kappa shape index (κ1) is 11.1. The quantitative estimate of drug-likeness (QED) is 0.856. The molecule has 0 aromatic heterocycles. The molecule has 2 fully saturated rings. The van der Waals surface area contributed by atoms with Crippen molar-refractivity contribution in [1.29, 1.82) is 0 Å². The van der Waals surface area contributed by atoms with Crippen LogP contribution < -0.4 is 5.73 Å². The molecule has 0 spiro atoms. The van der Waals surface area contributed by atoms with E-state index in [-0.39, 0.29) is 11.5 Å². The minimum atomic E-state index is -0.535. The molecule has 1 aliphatic heterocycles. The molecule has 0 radical (unpaired) electrons. The maximum atomic E-state index is 13.9. The molecule has 1 aromatic carbocycles. The van der Waals surface area contributed by atoms with Crippen LogP contribution in [0.4, 0.5) is 8.78 Å². The van der Waals surface area contributed by atoms with Crippen molar-refractivity contribution in [3.63, 3.8) is 0 Å². The summed E-state index contributed by atoms with van der Waals surface area (Å²) >= 11 is 0. The number of hydrogen-bond donors (Lipinski definition) is 1. The van der Waals surface area contributed by atoms with Crippen LogP contribution in [0.1, 0.15) is 18.4 Å². The van der Waals surface area contributed by atoms with Crippen LogP contribution in [0.3, 0.4) is 0 Å². The number of hydrogen-bond acceptors (Lipinski definition) is 2. The van der Waals surface area contributed by atoms with Crippen LogP contribution in [0.2, 0.25) is 0 Å². The van der Waals surface area contributed by atoms with E-state index in [9.17, 15) is 8.78 Å². The second-order valence-corrected chi connectivity index (χ2v) is 5.20. The molecule has 2 N–H and O–H groups in total. The Morgan fingerprint density at radius 2 is 1.94 bits per heavy atom. The lowest BCUT2D eigenvalue weighted by Crippen LogP contribution is -2.58. The summed E-state index contributed by atoms with van der Waals surface area (Å²) in [6.07, 6.45) is 1.81. The highest BCUT2D eigenvalue weighted by Crippen LogP contribution is 2.48. The van der Waals surface area contributed by atoms with Gasteiger partial charge in [0.1, 0.15) is 11.6 Å². The Labute approximate surface area is 98.8 Å². The third-order valence-corrected chi connectivity index (χ3v) is 4.14. The van der Waals surface area contributed by atoms with Crippen LogP contribution in [0.5, 0.6) is 0 Å². The third kappa shape index (κ3) is 1.58. The summed E-state index contributed by atoms with van der Waals surface area (Å²) in [6, 6.07) is 4.04. The van der Waals surface area contributed by atoms with Crippen LogP contribution in [-0.4, -0.2) is 19.3 Å². The smallest absolute Gasteiger partial charge is 0.130 e. The zero-order chi connectivity index (χ0) is 12.0. The zero-order valence-corrected chi connectivity index (χ0v) is 9.46. The highest BCUT2D eigenvalue weighted by molar-refractivity contribution is 5.32. The first-order valence-electron chi connectivity index (χ1n) is 5.91. The maximum absolute atomic E-state index is 13.9. The molecule has 2 nitrogen and oxygen atoms in total. The molecule has 1 saturated heterocycles. The fraction of sp³-hybridized carbons (Fsp3) is 0.538. The molecule has 2 aliphatic rings. The predicted molar refractivity (Wildman–Crippen MR) is 59.6 cm³/mol. The molecule has 92 valence electrons. The van der Waals surface area contributed by atoms with Gasteiger partial charge in [0.2, 0.25) is 0 Å². The van der Waals surface area contributed by atoms with Crippen LogP contribution in [0.15, 0.2) is 18.2 Å². The molecule has 17 heavy (non-hydrogen) atoms. The van der Waals surface area contributed by atoms with Gasteiger partial charge in [-0.2, -0.15) is 0 Å². The van der Waals surface area contributed by atoms with Gasteiger partial charge >= 0.3 is 0 Å². The SMILES string of the molecule is NC1CC(C2(c3ccc(F)cc3F)COC2)C1. The fourth-order valence-electron chi connectivity index (χ4n) is 2.94. The van der Waals surface area contributed by atoms with Gasteiger partial charge in [-0.3, -0.25) is 0 Å². The van der Waals surface area contributed by atoms with Gasteiger partial charge in [0.05, 0.1) is 13.2 Å². The van der Waals surface area contributed by atoms with Gasteiger partial charge in [-0.05, 0) is 30.4 Å². The average Bonchev–Trinajstić information content (AvgIpc) is 2.16. The Kier molecular flexibility index (Phi) is 2.45. The standard InChI is InChI=1S/C13H15F2NO/c14-9-1-2-11(12(15)5-9)13(6-17-7-13)8-3-10(16)4-8/h1-2,5,8,10H,3-4,6-7,16H2. The molecule has 0 bridgehead atoms. The predicted octanol–water partition coefficient (Wildman–Crippen LogP) is 1.97. The van der Waals surface area contributed by atoms with Crippen LogP contribution >= 0.6 is 0 Å². The number of rotatable bonds is 2. The third-order valence-electron chi connectivity index (χ3n) is 4.14. The van der Waals surface area contributed by atoms with Gasteiger partial charge in [0, 0.05) is 17.5 Å². The number of benzene rings is 1. The van der Waals surface area contributed by atoms with Crippen LogP contribution in [0, 0.1) is 17.6 Å². The van der Waals surface area contributed by atoms with Gasteiger partial charge < -0.3 is 10.5 Å². The van der Waals surface area contributed by atoms with E-state index in [1.165, 1.54) is 6.07 Å². The fourth-order valence-corrected chi connectivity index (χ4v) is 2.94. The summed E-state index contributed by atoms with van der Waals surface area (Å²) in [5, 5.41) is 0. The molecule has 1 aromatic rings. The minimum Gasteiger partial charge on any atom is -0.379 e. The van der Waals surface area contributed by atoms with Crippen molar-refractivity contribution >= 4 is 0 Å². The van der Waals surface area contributed by atoms with E-state index in [4.69, 9.17) is 10.5 Å². The summed E-state index contributed by atoms with van der Waals surface area (Å²) in [6.45, 7) is 1.04. The maximum Gasteiger partial charge on any atom is 0.130 e. The van der Waals surface area contributed by atoms with E-state index in [0.717, 1.165) is 18.9 Å². The second kappa shape index (κ2) is 3.75. The van der Waals surface area contributed by atoms with Crippen molar-refractivity contribution in [3.8, 4) is 0 Å². The van der Waals surface area contributed by atoms with Gasteiger partial charge in [-0.25, -0.2) is 8.78 Å². The minimum absolute atomic E-state index is 0.223. The van der Waals surface area contributed by atoms with E-state index in [1.807, 2.05) is 0 Å². The van der Waals surface area contributed by atoms with E-state index in [1.54, 1.807) is 6.07 Å². The molecule has 1 aliphatic carbocycles. The zero-order valence-electron chi connectivity index (χ0n) is 9.46. The molecule has 0 amide bonds. The molecule has 3 rings (SSSR count). The van der Waals surface area contributed by atoms with Crippen molar-refractivity contribution in [2.75, 3.05) is 13.2 Å². The van der Waals surface area contributed by atoms with Gasteiger partial charge in [0.15, 0.2) is 0 Å². The summed E-state index contributed by atoms with van der Waals surface area (Å²) in [7, 11) is 0. The highest BCUT2D eigenvalue weighted by Gasteiger charge is 2.52. The molecule has 1 heterocycles. The van der Waals surface area contributed by atoms with E-state index >= 15 is 0 Å². The van der Waals surface area contributed by atoms with Crippen molar-refractivity contribution in [2.24, 2.45) is 11.7 Å². The normalized spacial score (nSPS) is 30.5. The lowest BCUT2D eigenvalue weighted by atomic mass is 9.59.